The van der Waals surface area contributed by atoms with E-state index in [1.54, 1.807) is 0 Å². The van der Waals surface area contributed by atoms with E-state index in [9.17, 15) is 44.3 Å². The Bertz CT molecular complexity index is 880. The highest BCUT2D eigenvalue weighted by atomic mass is 32.2. The van der Waals surface area contributed by atoms with Crippen LogP contribution in [0.3, 0.4) is 0 Å². The number of ether oxygens (including phenoxy) is 2. The number of hydrogen-bond acceptors (Lipinski definition) is 6. The van der Waals surface area contributed by atoms with Gasteiger partial charge in [0.05, 0.1) is 5.92 Å². The van der Waals surface area contributed by atoms with E-state index < -0.39 is 63.2 Å². The molecule has 0 heterocycles. The third-order valence-electron chi connectivity index (χ3n) is 5.77. The molecule has 14 heteroatoms. The number of esters is 2. The first-order valence-electron chi connectivity index (χ1n) is 9.40. The van der Waals surface area contributed by atoms with Crippen LogP contribution in [0.15, 0.2) is 12.2 Å². The maximum absolute atomic E-state index is 13.4. The lowest BCUT2D eigenvalue weighted by Gasteiger charge is -2.38. The van der Waals surface area contributed by atoms with Gasteiger partial charge >= 0.3 is 29.9 Å². The van der Waals surface area contributed by atoms with Gasteiger partial charge in [0.1, 0.15) is 11.4 Å². The summed E-state index contributed by atoms with van der Waals surface area (Å²) in [6.45, 7) is 6.36. The van der Waals surface area contributed by atoms with Crippen molar-refractivity contribution in [2.75, 3.05) is 5.75 Å². The molecule has 2 aliphatic carbocycles. The van der Waals surface area contributed by atoms with Crippen molar-refractivity contribution in [3.8, 4) is 0 Å². The van der Waals surface area contributed by atoms with Gasteiger partial charge in [-0.1, -0.05) is 6.58 Å². The number of hydrogen-bond donors (Lipinski definition) is 1. The van der Waals surface area contributed by atoms with Gasteiger partial charge < -0.3 is 9.47 Å². The number of alkyl halides is 6. The molecule has 0 aliphatic heterocycles. The van der Waals surface area contributed by atoms with Crippen LogP contribution >= 0.6 is 0 Å². The molecule has 1 N–H and O–H groups in total. The van der Waals surface area contributed by atoms with Gasteiger partial charge in [-0.05, 0) is 51.4 Å². The first kappa shape index (κ1) is 26.4. The Morgan fingerprint density at radius 1 is 1.09 bits per heavy atom. The maximum Gasteiger partial charge on any atom is 0.438 e. The molecule has 4 unspecified atom stereocenters. The highest BCUT2D eigenvalue weighted by molar-refractivity contribution is 7.85. The zero-order valence-electron chi connectivity index (χ0n) is 17.0. The molecular formula is C18H22F6O7S. The lowest BCUT2D eigenvalue weighted by molar-refractivity contribution is -0.362. The van der Waals surface area contributed by atoms with E-state index in [1.807, 2.05) is 0 Å². The van der Waals surface area contributed by atoms with Crippen LogP contribution in [-0.4, -0.2) is 54.2 Å². The molecule has 32 heavy (non-hydrogen) atoms. The molecule has 2 fully saturated rings. The van der Waals surface area contributed by atoms with E-state index in [2.05, 4.69) is 11.3 Å². The molecule has 0 amide bonds. The second-order valence-corrected chi connectivity index (χ2v) is 10.2. The van der Waals surface area contributed by atoms with Gasteiger partial charge in [0, 0.05) is 5.57 Å². The van der Waals surface area contributed by atoms with Crippen molar-refractivity contribution in [1.29, 1.82) is 0 Å². The minimum atomic E-state index is -6.38. The Balaban J connectivity index is 2.32. The van der Waals surface area contributed by atoms with E-state index in [-0.39, 0.29) is 37.2 Å². The van der Waals surface area contributed by atoms with Crippen molar-refractivity contribution < 1.29 is 58.4 Å². The molecule has 2 bridgehead atoms. The maximum atomic E-state index is 13.4. The van der Waals surface area contributed by atoms with Crippen LogP contribution in [0.25, 0.3) is 0 Å². The summed E-state index contributed by atoms with van der Waals surface area (Å²) in [6.07, 6.45) is -12.4. The van der Waals surface area contributed by atoms with Crippen LogP contribution in [0.1, 0.15) is 39.5 Å². The van der Waals surface area contributed by atoms with Crippen LogP contribution < -0.4 is 0 Å². The van der Waals surface area contributed by atoms with Gasteiger partial charge in [0.15, 0.2) is 0 Å². The Labute approximate surface area is 179 Å². The largest absolute Gasteiger partial charge is 0.456 e. The lowest BCUT2D eigenvalue weighted by Crippen LogP contribution is -2.64. The molecule has 0 aromatic heterocycles. The molecular weight excluding hydrogens is 474 g/mol. The minimum Gasteiger partial charge on any atom is -0.456 e. The molecule has 0 aromatic rings. The Morgan fingerprint density at radius 2 is 1.62 bits per heavy atom. The van der Waals surface area contributed by atoms with Crippen molar-refractivity contribution in [3.63, 3.8) is 0 Å². The summed E-state index contributed by atoms with van der Waals surface area (Å²) in [5.74, 6) is -8.04. The summed E-state index contributed by atoms with van der Waals surface area (Å²) in [5.41, 5.74) is -6.46. The Morgan fingerprint density at radius 3 is 2.06 bits per heavy atom. The molecule has 2 saturated carbocycles. The average Bonchev–Trinajstić information content (AvgIpc) is 2.85. The lowest BCUT2D eigenvalue weighted by atomic mass is 9.77. The molecule has 0 saturated heterocycles. The van der Waals surface area contributed by atoms with Crippen molar-refractivity contribution in [2.45, 2.75) is 63.1 Å². The SMILES string of the molecule is C=C(C)C(=O)OC1(C)CC2CC(C1)C(C(=O)OC(CS(=O)(=O)O)(C(F)(F)F)C(F)(F)F)C2. The second kappa shape index (κ2) is 8.19. The zero-order valence-corrected chi connectivity index (χ0v) is 17.9. The molecule has 2 aliphatic rings. The molecule has 0 aromatic carbocycles. The first-order valence-corrected chi connectivity index (χ1v) is 11.0. The normalized spacial score (nSPS) is 28.8. The van der Waals surface area contributed by atoms with Gasteiger partial charge in [-0.25, -0.2) is 4.79 Å². The smallest absolute Gasteiger partial charge is 0.438 e. The topological polar surface area (TPSA) is 107 Å². The zero-order chi connectivity index (χ0) is 24.9. The highest BCUT2D eigenvalue weighted by Gasteiger charge is 2.76. The number of halogens is 6. The van der Waals surface area contributed by atoms with Crippen molar-refractivity contribution >= 4 is 22.1 Å². The van der Waals surface area contributed by atoms with E-state index >= 15 is 0 Å². The fraction of sp³-hybridized carbons (Fsp3) is 0.778. The minimum absolute atomic E-state index is 0.0222. The van der Waals surface area contributed by atoms with Crippen molar-refractivity contribution in [1.82, 2.24) is 0 Å². The van der Waals surface area contributed by atoms with E-state index in [4.69, 9.17) is 9.29 Å². The highest BCUT2D eigenvalue weighted by Crippen LogP contribution is 2.53. The van der Waals surface area contributed by atoms with E-state index in [1.165, 1.54) is 13.8 Å². The van der Waals surface area contributed by atoms with Crippen LogP contribution in [-0.2, 0) is 29.2 Å². The Kier molecular flexibility index (Phi) is 6.76. The predicted molar refractivity (Wildman–Crippen MR) is 95.6 cm³/mol. The number of carbonyl (C=O) groups excluding carboxylic acids is 2. The summed E-state index contributed by atoms with van der Waals surface area (Å²) in [5, 5.41) is 0. The number of fused-ring (bicyclic) bond motifs is 2. The summed E-state index contributed by atoms with van der Waals surface area (Å²) < 4.78 is 120. The standard InChI is InChI=1S/C18H22F6O7S/c1-9(2)13(25)30-15(3)6-10-4-11(7-15)12(5-10)14(26)31-16(17(19,20)21,18(22,23)24)8-32(27,28)29/h10-12H,1,4-8H2,2-3H3,(H,27,28,29). The molecule has 2 rings (SSSR count). The van der Waals surface area contributed by atoms with Crippen molar-refractivity contribution in [2.24, 2.45) is 17.8 Å². The average molecular weight is 496 g/mol. The molecule has 7 nitrogen and oxygen atoms in total. The van der Waals surface area contributed by atoms with E-state index in [0.717, 1.165) is 0 Å². The quantitative estimate of drug-likeness (QED) is 0.259. The van der Waals surface area contributed by atoms with E-state index in [0.29, 0.717) is 0 Å². The monoisotopic (exact) mass is 496 g/mol. The van der Waals surface area contributed by atoms with Crippen LogP contribution in [0.4, 0.5) is 26.3 Å². The fourth-order valence-electron chi connectivity index (χ4n) is 4.54. The van der Waals surface area contributed by atoms with Gasteiger partial charge in [-0.3, -0.25) is 9.35 Å². The van der Waals surface area contributed by atoms with Gasteiger partial charge in [0.2, 0.25) is 0 Å². The molecule has 0 spiro atoms. The first-order chi connectivity index (χ1) is 14.2. The van der Waals surface area contributed by atoms with Gasteiger partial charge in [-0.2, -0.15) is 34.8 Å². The summed E-state index contributed by atoms with van der Waals surface area (Å²) in [6, 6.07) is 0. The number of carbonyl (C=O) groups is 2. The van der Waals surface area contributed by atoms with Gasteiger partial charge in [0.25, 0.3) is 10.1 Å². The Hall–Kier alpha value is -1.83. The summed E-state index contributed by atoms with van der Waals surface area (Å²) >= 11 is 0. The third kappa shape index (κ3) is 5.38. The summed E-state index contributed by atoms with van der Waals surface area (Å²) in [7, 11) is -5.86. The summed E-state index contributed by atoms with van der Waals surface area (Å²) in [4.78, 5) is 24.4. The van der Waals surface area contributed by atoms with Crippen molar-refractivity contribution in [3.05, 3.63) is 12.2 Å². The molecule has 4 atom stereocenters. The van der Waals surface area contributed by atoms with Crippen LogP contribution in [0, 0.1) is 17.8 Å². The number of rotatable bonds is 6. The molecule has 0 radical (unpaired) electrons. The van der Waals surface area contributed by atoms with Crippen LogP contribution in [0.2, 0.25) is 0 Å². The van der Waals surface area contributed by atoms with Crippen LogP contribution in [0.5, 0.6) is 0 Å². The fourth-order valence-corrected chi connectivity index (χ4v) is 5.44. The third-order valence-corrected chi connectivity index (χ3v) is 6.54. The van der Waals surface area contributed by atoms with Gasteiger partial charge in [-0.15, -0.1) is 0 Å². The predicted octanol–water partition coefficient (Wildman–Crippen LogP) is 3.60. The molecule has 184 valence electrons. The second-order valence-electron chi connectivity index (χ2n) is 8.70.